The van der Waals surface area contributed by atoms with Crippen LogP contribution in [0.5, 0.6) is 0 Å². The number of nitrogens with zero attached hydrogens (tertiary/aromatic N) is 4. The van der Waals surface area contributed by atoms with E-state index in [1.165, 1.54) is 24.7 Å². The molecule has 148 valence electrons. The molecule has 3 rings (SSSR count). The fraction of sp³-hybridized carbons (Fsp3) is 0.200. The fourth-order valence-corrected chi connectivity index (χ4v) is 2.59. The van der Waals surface area contributed by atoms with Gasteiger partial charge in [-0.15, -0.1) is 0 Å². The number of hydrogen-bond donors (Lipinski definition) is 2. The van der Waals surface area contributed by atoms with Gasteiger partial charge in [-0.3, -0.25) is 10.1 Å². The zero-order valence-corrected chi connectivity index (χ0v) is 16.6. The van der Waals surface area contributed by atoms with Crippen LogP contribution in [-0.2, 0) is 4.79 Å². The highest BCUT2D eigenvalue weighted by molar-refractivity contribution is 6.31. The maximum atomic E-state index is 13.4. The van der Waals surface area contributed by atoms with Gasteiger partial charge in [-0.05, 0) is 44.3 Å². The number of hydrogen-bond acceptors (Lipinski definition) is 6. The van der Waals surface area contributed by atoms with Crippen LogP contribution in [0.25, 0.3) is 10.9 Å². The summed E-state index contributed by atoms with van der Waals surface area (Å²) in [6.45, 7) is 0.772. The minimum absolute atomic E-state index is 0.00387. The molecule has 0 bridgehead atoms. The average Bonchev–Trinajstić information content (AvgIpc) is 2.68. The second-order valence-electron chi connectivity index (χ2n) is 6.37. The zero-order valence-electron chi connectivity index (χ0n) is 15.8. The number of carbonyl (C=O) groups excluding carboxylic acids is 1. The molecule has 0 unspecified atom stereocenters. The Kier molecular flexibility index (Phi) is 6.54. The van der Waals surface area contributed by atoms with Crippen LogP contribution in [0, 0.1) is 17.7 Å². The second-order valence-corrected chi connectivity index (χ2v) is 6.78. The molecule has 2 aromatic heterocycles. The quantitative estimate of drug-likeness (QED) is 0.624. The smallest absolute Gasteiger partial charge is 0.301 e. The van der Waals surface area contributed by atoms with Crippen molar-refractivity contribution >= 4 is 45.7 Å². The lowest BCUT2D eigenvalue weighted by Gasteiger charge is -2.10. The van der Waals surface area contributed by atoms with Crippen LogP contribution in [0.2, 0.25) is 5.02 Å². The van der Waals surface area contributed by atoms with Gasteiger partial charge in [-0.2, -0.15) is 0 Å². The van der Waals surface area contributed by atoms with Crippen molar-refractivity contribution < 1.29 is 9.18 Å². The van der Waals surface area contributed by atoms with Crippen molar-refractivity contribution in [2.24, 2.45) is 0 Å². The molecule has 2 heterocycles. The first-order valence-electron chi connectivity index (χ1n) is 8.70. The second kappa shape index (κ2) is 9.28. The van der Waals surface area contributed by atoms with Gasteiger partial charge >= 0.3 is 5.91 Å². The van der Waals surface area contributed by atoms with E-state index in [1.54, 1.807) is 12.1 Å². The van der Waals surface area contributed by atoms with E-state index in [0.29, 0.717) is 34.6 Å². The molecule has 2 N–H and O–H groups in total. The van der Waals surface area contributed by atoms with Gasteiger partial charge < -0.3 is 10.2 Å². The lowest BCUT2D eigenvalue weighted by Crippen LogP contribution is -2.13. The molecule has 3 aromatic rings. The van der Waals surface area contributed by atoms with Crippen LogP contribution < -0.4 is 10.6 Å². The molecule has 9 heteroatoms. The summed E-state index contributed by atoms with van der Waals surface area (Å²) in [5, 5.41) is 6.33. The minimum atomic E-state index is -0.509. The third-order valence-electron chi connectivity index (χ3n) is 3.83. The molecule has 0 fully saturated rings. The molecular formula is C20H18ClFN6O. The molecule has 29 heavy (non-hydrogen) atoms. The van der Waals surface area contributed by atoms with E-state index in [0.717, 1.165) is 6.54 Å². The average molecular weight is 413 g/mol. The molecule has 0 saturated carbocycles. The first kappa shape index (κ1) is 20.5. The first-order chi connectivity index (χ1) is 13.9. The van der Waals surface area contributed by atoms with Crippen molar-refractivity contribution in [1.82, 2.24) is 19.9 Å². The molecule has 7 nitrogen and oxygen atoms in total. The van der Waals surface area contributed by atoms with Crippen LogP contribution in [0.1, 0.15) is 6.42 Å². The number of nitrogens with one attached hydrogen (secondary N) is 2. The Hall–Kier alpha value is -3.28. The standard InChI is InChI=1S/C20H18ClFN6O/c1-28(2)8-4-3-5-19(29)27-18-10-14-17(11-23-18)24-12-25-20(14)26-13-6-7-16(22)15(21)9-13/h6-7,9-12H,4,8H2,1-2H3,(H,23,27,29)(H,24,25,26). The Labute approximate surface area is 172 Å². The number of amides is 1. The van der Waals surface area contributed by atoms with Gasteiger partial charge in [0.15, 0.2) is 0 Å². The van der Waals surface area contributed by atoms with Crippen LogP contribution in [-0.4, -0.2) is 46.4 Å². The van der Waals surface area contributed by atoms with Crippen LogP contribution in [0.4, 0.5) is 21.7 Å². The predicted molar refractivity (Wildman–Crippen MR) is 112 cm³/mol. The van der Waals surface area contributed by atoms with Gasteiger partial charge in [0.05, 0.1) is 16.7 Å². The highest BCUT2D eigenvalue weighted by Gasteiger charge is 2.09. The summed E-state index contributed by atoms with van der Waals surface area (Å²) in [6.07, 6.45) is 3.49. The van der Waals surface area contributed by atoms with Gasteiger partial charge in [-0.25, -0.2) is 19.3 Å². The van der Waals surface area contributed by atoms with Crippen molar-refractivity contribution in [3.8, 4) is 11.8 Å². The molecule has 0 saturated heterocycles. The van der Waals surface area contributed by atoms with Crippen LogP contribution >= 0.6 is 11.6 Å². The maximum Gasteiger partial charge on any atom is 0.301 e. The van der Waals surface area contributed by atoms with E-state index >= 15 is 0 Å². The van der Waals surface area contributed by atoms with Crippen LogP contribution in [0.3, 0.4) is 0 Å². The van der Waals surface area contributed by atoms with Gasteiger partial charge in [-0.1, -0.05) is 17.5 Å². The van der Waals surface area contributed by atoms with Gasteiger partial charge in [0.1, 0.15) is 23.8 Å². The monoisotopic (exact) mass is 412 g/mol. The number of carbonyl (C=O) groups is 1. The number of fused-ring (bicyclic) bond motifs is 1. The molecule has 0 atom stereocenters. The summed E-state index contributed by atoms with van der Waals surface area (Å²) in [6, 6.07) is 5.90. The molecular weight excluding hydrogens is 395 g/mol. The van der Waals surface area contributed by atoms with Crippen molar-refractivity contribution in [1.29, 1.82) is 0 Å². The number of rotatable bonds is 5. The molecule has 0 radical (unpaired) electrons. The largest absolute Gasteiger partial charge is 0.340 e. The normalized spacial score (nSPS) is 10.5. The van der Waals surface area contributed by atoms with E-state index < -0.39 is 11.7 Å². The molecule has 1 amide bonds. The highest BCUT2D eigenvalue weighted by Crippen LogP contribution is 2.26. The Bertz CT molecular complexity index is 1110. The summed E-state index contributed by atoms with van der Waals surface area (Å²) in [5.74, 6) is 5.18. The molecule has 0 aliphatic carbocycles. The van der Waals surface area contributed by atoms with Gasteiger partial charge in [0.25, 0.3) is 0 Å². The maximum absolute atomic E-state index is 13.4. The van der Waals surface area contributed by atoms with E-state index in [2.05, 4.69) is 37.4 Å². The summed E-state index contributed by atoms with van der Waals surface area (Å²) in [4.78, 5) is 26.6. The van der Waals surface area contributed by atoms with Crippen molar-refractivity contribution in [2.45, 2.75) is 6.42 Å². The summed E-state index contributed by atoms with van der Waals surface area (Å²) in [7, 11) is 3.88. The SMILES string of the molecule is CN(C)CCC#CC(=O)Nc1cc2c(Nc3ccc(F)c(Cl)c3)ncnc2cn1. The summed E-state index contributed by atoms with van der Waals surface area (Å²) < 4.78 is 13.4. The molecule has 0 aliphatic heterocycles. The molecule has 0 aliphatic rings. The number of pyridine rings is 1. The molecule has 1 aromatic carbocycles. The Morgan fingerprint density at radius 2 is 2.07 bits per heavy atom. The number of aromatic nitrogens is 3. The van der Waals surface area contributed by atoms with Crippen molar-refractivity contribution in [3.63, 3.8) is 0 Å². The summed E-state index contributed by atoms with van der Waals surface area (Å²) in [5.41, 5.74) is 1.14. The highest BCUT2D eigenvalue weighted by atomic mass is 35.5. The van der Waals surface area contributed by atoms with E-state index in [4.69, 9.17) is 11.6 Å². The van der Waals surface area contributed by atoms with Gasteiger partial charge in [0.2, 0.25) is 0 Å². The number of benzene rings is 1. The lowest BCUT2D eigenvalue weighted by molar-refractivity contribution is -0.111. The third-order valence-corrected chi connectivity index (χ3v) is 4.12. The Morgan fingerprint density at radius 1 is 1.24 bits per heavy atom. The van der Waals surface area contributed by atoms with E-state index in [-0.39, 0.29) is 5.02 Å². The zero-order chi connectivity index (χ0) is 20.8. The fourth-order valence-electron chi connectivity index (χ4n) is 2.41. The third kappa shape index (κ3) is 5.60. The lowest BCUT2D eigenvalue weighted by atomic mass is 10.2. The number of anilines is 3. The number of halogens is 2. The molecule has 0 spiro atoms. The predicted octanol–water partition coefficient (Wildman–Crippen LogP) is 3.45. The Morgan fingerprint density at radius 3 is 2.83 bits per heavy atom. The van der Waals surface area contributed by atoms with Crippen molar-refractivity contribution in [2.75, 3.05) is 31.3 Å². The van der Waals surface area contributed by atoms with Gasteiger partial charge in [0, 0.05) is 24.0 Å². The topological polar surface area (TPSA) is 83.0 Å². The van der Waals surface area contributed by atoms with Crippen LogP contribution in [0.15, 0.2) is 36.8 Å². The minimum Gasteiger partial charge on any atom is -0.340 e. The van der Waals surface area contributed by atoms with Crippen molar-refractivity contribution in [3.05, 3.63) is 47.6 Å². The van der Waals surface area contributed by atoms with E-state index in [1.807, 2.05) is 19.0 Å². The summed E-state index contributed by atoms with van der Waals surface area (Å²) >= 11 is 5.83. The Balaban J connectivity index is 1.80. The first-order valence-corrected chi connectivity index (χ1v) is 9.07. The van der Waals surface area contributed by atoms with E-state index in [9.17, 15) is 9.18 Å².